The molecule has 1 aliphatic heterocycles. The number of benzene rings is 1. The molecule has 3 atom stereocenters. The van der Waals surface area contributed by atoms with Gasteiger partial charge in [-0.25, -0.2) is 0 Å². The second-order valence-corrected chi connectivity index (χ2v) is 7.87. The van der Waals surface area contributed by atoms with Crippen molar-refractivity contribution in [2.24, 2.45) is 0 Å². The predicted molar refractivity (Wildman–Crippen MR) is 104 cm³/mol. The number of hydrogen-bond acceptors (Lipinski definition) is 4. The monoisotopic (exact) mass is 365 g/mol. The Morgan fingerprint density at radius 2 is 2.07 bits per heavy atom. The highest BCUT2D eigenvalue weighted by molar-refractivity contribution is 6.05. The van der Waals surface area contributed by atoms with Gasteiger partial charge < -0.3 is 10.2 Å². The molecule has 0 spiro atoms. The summed E-state index contributed by atoms with van der Waals surface area (Å²) in [5, 5.41) is 18.2. The number of aromatic nitrogens is 2. The molecule has 142 valence electrons. The van der Waals surface area contributed by atoms with E-state index in [9.17, 15) is 10.1 Å². The Hall–Kier alpha value is -2.55. The predicted octanol–water partition coefficient (Wildman–Crippen LogP) is 3.60. The number of nitriles is 1. The summed E-state index contributed by atoms with van der Waals surface area (Å²) < 4.78 is 2.06. The topological polar surface area (TPSA) is 74.0 Å². The van der Waals surface area contributed by atoms with Crippen molar-refractivity contribution in [3.05, 3.63) is 30.0 Å². The summed E-state index contributed by atoms with van der Waals surface area (Å²) in [6, 6.07) is 8.57. The number of fused-ring (bicyclic) bond motifs is 1. The highest BCUT2D eigenvalue weighted by Gasteiger charge is 2.38. The number of nitrogens with zero attached hydrogens (tertiary/aromatic N) is 4. The molecule has 27 heavy (non-hydrogen) atoms. The van der Waals surface area contributed by atoms with Gasteiger partial charge in [0.15, 0.2) is 11.9 Å². The molecule has 1 amide bonds. The van der Waals surface area contributed by atoms with Crippen molar-refractivity contribution in [2.75, 3.05) is 0 Å². The van der Waals surface area contributed by atoms with Crippen molar-refractivity contribution in [2.45, 2.75) is 76.5 Å². The molecular weight excluding hydrogens is 338 g/mol. The van der Waals surface area contributed by atoms with Crippen LogP contribution in [-0.4, -0.2) is 38.7 Å². The first-order chi connectivity index (χ1) is 13.1. The van der Waals surface area contributed by atoms with E-state index in [1.54, 1.807) is 0 Å². The minimum absolute atomic E-state index is 0.00656. The van der Waals surface area contributed by atoms with Gasteiger partial charge in [-0.15, -0.1) is 0 Å². The minimum atomic E-state index is -0.130. The van der Waals surface area contributed by atoms with Gasteiger partial charge >= 0.3 is 0 Å². The normalized spacial score (nSPS) is 25.8. The van der Waals surface area contributed by atoms with E-state index in [2.05, 4.69) is 29.2 Å². The average Bonchev–Trinajstić information content (AvgIpc) is 3.39. The van der Waals surface area contributed by atoms with Crippen molar-refractivity contribution in [3.63, 3.8) is 0 Å². The second-order valence-electron chi connectivity index (χ2n) is 7.87. The van der Waals surface area contributed by atoms with E-state index in [-0.39, 0.29) is 24.0 Å². The summed E-state index contributed by atoms with van der Waals surface area (Å²) in [6.07, 6.45) is 8.70. The Bertz CT molecular complexity index is 876. The number of carbonyl (C=O) groups excluding carboxylic acids is 1. The standard InChI is InChI=1S/C21H27N5O/c1-3-15-12-18(14(2)25(15)13-22)23-21(27)20-17-10-6-7-11-19(17)26(24-20)16-8-4-5-9-16/h6-7,10-11,14-16,18H,3-5,8-9,12H2,1-2H3,(H,23,27)/t14-,15+,18-/m1/s1. The first kappa shape index (κ1) is 17.8. The molecule has 1 aromatic heterocycles. The smallest absolute Gasteiger partial charge is 0.272 e. The maximum atomic E-state index is 13.1. The largest absolute Gasteiger partial charge is 0.346 e. The van der Waals surface area contributed by atoms with Crippen molar-refractivity contribution in [1.82, 2.24) is 20.0 Å². The lowest BCUT2D eigenvalue weighted by Gasteiger charge is -2.22. The molecule has 2 fully saturated rings. The minimum Gasteiger partial charge on any atom is -0.346 e. The fourth-order valence-electron chi connectivity index (χ4n) is 4.77. The van der Waals surface area contributed by atoms with Crippen LogP contribution in [0.1, 0.15) is 68.9 Å². The van der Waals surface area contributed by atoms with E-state index in [0.29, 0.717) is 11.7 Å². The van der Waals surface area contributed by atoms with Gasteiger partial charge in [0, 0.05) is 11.4 Å². The fraction of sp³-hybridized carbons (Fsp3) is 0.571. The van der Waals surface area contributed by atoms with E-state index in [4.69, 9.17) is 5.10 Å². The Balaban J connectivity index is 1.61. The van der Waals surface area contributed by atoms with Crippen LogP contribution in [0.15, 0.2) is 24.3 Å². The zero-order chi connectivity index (χ0) is 19.0. The molecule has 1 saturated heterocycles. The maximum absolute atomic E-state index is 13.1. The average molecular weight is 365 g/mol. The van der Waals surface area contributed by atoms with Gasteiger partial charge in [-0.3, -0.25) is 9.48 Å². The highest BCUT2D eigenvalue weighted by atomic mass is 16.2. The third-order valence-electron chi connectivity index (χ3n) is 6.34. The molecule has 0 radical (unpaired) electrons. The van der Waals surface area contributed by atoms with Crippen LogP contribution in [0.5, 0.6) is 0 Å². The molecule has 2 aromatic rings. The molecule has 6 heteroatoms. The van der Waals surface area contributed by atoms with Gasteiger partial charge in [0.2, 0.25) is 0 Å². The number of rotatable bonds is 4. The Kier molecular flexibility index (Phi) is 4.77. The lowest BCUT2D eigenvalue weighted by Crippen LogP contribution is -2.42. The molecule has 1 aromatic carbocycles. The fourth-order valence-corrected chi connectivity index (χ4v) is 4.77. The lowest BCUT2D eigenvalue weighted by atomic mass is 10.1. The third-order valence-corrected chi connectivity index (χ3v) is 6.34. The third kappa shape index (κ3) is 3.05. The van der Waals surface area contributed by atoms with Crippen molar-refractivity contribution in [1.29, 1.82) is 5.26 Å². The van der Waals surface area contributed by atoms with Gasteiger partial charge in [-0.1, -0.05) is 38.0 Å². The summed E-state index contributed by atoms with van der Waals surface area (Å²) in [4.78, 5) is 14.9. The van der Waals surface area contributed by atoms with E-state index < -0.39 is 0 Å². The van der Waals surface area contributed by atoms with Gasteiger partial charge in [-0.2, -0.15) is 10.4 Å². The number of hydrogen-bond donors (Lipinski definition) is 1. The molecule has 1 saturated carbocycles. The molecule has 4 rings (SSSR count). The lowest BCUT2D eigenvalue weighted by molar-refractivity contribution is 0.0926. The summed E-state index contributed by atoms with van der Waals surface area (Å²) in [5.41, 5.74) is 1.55. The van der Waals surface area contributed by atoms with Crippen LogP contribution in [0, 0.1) is 11.5 Å². The SMILES string of the molecule is CC[C@H]1C[C@@H](NC(=O)c2nn(C3CCCC3)c3ccccc23)[C@@H](C)N1C#N. The van der Waals surface area contributed by atoms with Crippen molar-refractivity contribution in [3.8, 4) is 6.19 Å². The van der Waals surface area contributed by atoms with Crippen LogP contribution in [0.25, 0.3) is 10.9 Å². The molecule has 6 nitrogen and oxygen atoms in total. The number of nitrogens with one attached hydrogen (secondary N) is 1. The van der Waals surface area contributed by atoms with E-state index in [1.165, 1.54) is 12.8 Å². The Labute approximate surface area is 160 Å². The molecule has 0 bridgehead atoms. The van der Waals surface area contributed by atoms with Crippen LogP contribution in [0.4, 0.5) is 0 Å². The number of amides is 1. The number of likely N-dealkylation sites (tertiary alicyclic amines) is 1. The quantitative estimate of drug-likeness (QED) is 0.840. The number of carbonyl (C=O) groups is 1. The molecule has 1 N–H and O–H groups in total. The zero-order valence-corrected chi connectivity index (χ0v) is 16.1. The van der Waals surface area contributed by atoms with E-state index >= 15 is 0 Å². The molecule has 2 aliphatic rings. The first-order valence-corrected chi connectivity index (χ1v) is 10.1. The van der Waals surface area contributed by atoms with Gasteiger partial charge in [0.1, 0.15) is 0 Å². The van der Waals surface area contributed by atoms with Crippen molar-refractivity contribution < 1.29 is 4.79 Å². The van der Waals surface area contributed by atoms with Crippen LogP contribution >= 0.6 is 0 Å². The summed E-state index contributed by atoms with van der Waals surface area (Å²) in [6.45, 7) is 4.10. The van der Waals surface area contributed by atoms with Crippen LogP contribution < -0.4 is 5.32 Å². The van der Waals surface area contributed by atoms with Crippen LogP contribution in [0.3, 0.4) is 0 Å². The van der Waals surface area contributed by atoms with Gasteiger partial charge in [0.25, 0.3) is 5.91 Å². The summed E-state index contributed by atoms with van der Waals surface area (Å²) in [7, 11) is 0. The summed E-state index contributed by atoms with van der Waals surface area (Å²) >= 11 is 0. The molecular formula is C21H27N5O. The Morgan fingerprint density at radius 3 is 2.74 bits per heavy atom. The van der Waals surface area contributed by atoms with Crippen LogP contribution in [0.2, 0.25) is 0 Å². The van der Waals surface area contributed by atoms with Crippen molar-refractivity contribution >= 4 is 16.8 Å². The van der Waals surface area contributed by atoms with E-state index in [1.807, 2.05) is 30.0 Å². The van der Waals surface area contributed by atoms with E-state index in [0.717, 1.165) is 36.6 Å². The highest BCUT2D eigenvalue weighted by Crippen LogP contribution is 2.33. The maximum Gasteiger partial charge on any atom is 0.272 e. The first-order valence-electron chi connectivity index (χ1n) is 10.1. The number of para-hydroxylation sites is 1. The Morgan fingerprint density at radius 1 is 1.33 bits per heavy atom. The van der Waals surface area contributed by atoms with Crippen LogP contribution in [-0.2, 0) is 0 Å². The zero-order valence-electron chi connectivity index (χ0n) is 16.1. The summed E-state index contributed by atoms with van der Waals surface area (Å²) in [5.74, 6) is -0.130. The second kappa shape index (κ2) is 7.22. The van der Waals surface area contributed by atoms with Gasteiger partial charge in [-0.05, 0) is 38.7 Å². The molecule has 1 aliphatic carbocycles. The molecule has 2 heterocycles. The molecule has 0 unspecified atom stereocenters. The van der Waals surface area contributed by atoms with Gasteiger partial charge in [0.05, 0.1) is 23.6 Å².